The maximum absolute atomic E-state index is 14.2. The molecule has 15 heteroatoms. The van der Waals surface area contributed by atoms with Crippen molar-refractivity contribution in [2.45, 2.75) is 64.9 Å². The van der Waals surface area contributed by atoms with Gasteiger partial charge in [-0.2, -0.15) is 13.2 Å². The SMILES string of the molecule is CNC(=O)c1ccccc1Nc1cc(Nc2cc(C)c(N3CCC(N(C)Cc4ccccc4N4CCC(=O)NC4=O)CC3)cc2OC(C)C)ncc1C(F)(F)F. The van der Waals surface area contributed by atoms with Crippen LogP contribution in [0, 0.1) is 6.92 Å². The minimum atomic E-state index is -4.71. The Morgan fingerprint density at radius 1 is 0.964 bits per heavy atom. The van der Waals surface area contributed by atoms with E-state index in [1.54, 1.807) is 17.0 Å². The van der Waals surface area contributed by atoms with E-state index in [0.29, 0.717) is 30.6 Å². The second-order valence-corrected chi connectivity index (χ2v) is 14.3. The Hall–Kier alpha value is -5.83. The van der Waals surface area contributed by atoms with Gasteiger partial charge in [-0.25, -0.2) is 9.78 Å². The molecule has 2 aliphatic rings. The zero-order chi connectivity index (χ0) is 40.1. The Bertz CT molecular complexity index is 2080. The van der Waals surface area contributed by atoms with E-state index in [-0.39, 0.29) is 41.2 Å². The number of rotatable bonds is 12. The number of imide groups is 1. The summed E-state index contributed by atoms with van der Waals surface area (Å²) < 4.78 is 48.7. The van der Waals surface area contributed by atoms with Crippen molar-refractivity contribution in [2.75, 3.05) is 54.2 Å². The van der Waals surface area contributed by atoms with Crippen LogP contribution in [-0.2, 0) is 17.5 Å². The highest BCUT2D eigenvalue weighted by atomic mass is 19.4. The van der Waals surface area contributed by atoms with Gasteiger partial charge in [-0.1, -0.05) is 30.3 Å². The number of hydrogen-bond acceptors (Lipinski definition) is 9. The first-order valence-electron chi connectivity index (χ1n) is 18.6. The molecule has 1 aromatic heterocycles. The molecule has 0 atom stereocenters. The van der Waals surface area contributed by atoms with E-state index in [1.165, 1.54) is 25.2 Å². The summed E-state index contributed by atoms with van der Waals surface area (Å²) in [6, 6.07) is 19.2. The standard InChI is InChI=1S/C41H47F3N8O4/c1-25(2)56-36-22-35(51-17-14-28(15-18-51)50(5)24-27-10-6-9-13-34(27)52-19-16-38(53)49-40(52)55)26(3)20-33(36)48-37-21-32(30(23-46-37)41(42,43)44)47-31-12-8-7-11-29(31)39(54)45-4/h6-13,20-23,25,28H,14-19,24H2,1-5H3,(H,45,54)(H2,46,47,48)(H,49,53,55). The smallest absolute Gasteiger partial charge is 0.419 e. The minimum Gasteiger partial charge on any atom is -0.489 e. The Labute approximate surface area is 324 Å². The lowest BCUT2D eigenvalue weighted by Crippen LogP contribution is -2.50. The molecule has 0 bridgehead atoms. The van der Waals surface area contributed by atoms with Crippen molar-refractivity contribution in [3.8, 4) is 5.75 Å². The van der Waals surface area contributed by atoms with Crippen LogP contribution in [0.15, 0.2) is 72.9 Å². The molecule has 2 saturated heterocycles. The molecular formula is C41H47F3N8O4. The van der Waals surface area contributed by atoms with Crippen LogP contribution in [0.25, 0.3) is 0 Å². The van der Waals surface area contributed by atoms with Crippen LogP contribution in [-0.4, -0.2) is 73.6 Å². The normalized spacial score (nSPS) is 15.2. The zero-order valence-electron chi connectivity index (χ0n) is 32.1. The number of hydrogen-bond donors (Lipinski definition) is 4. The predicted molar refractivity (Wildman–Crippen MR) is 211 cm³/mol. The average molecular weight is 773 g/mol. The summed E-state index contributed by atoms with van der Waals surface area (Å²) in [5, 5.41) is 10.9. The topological polar surface area (TPSA) is 131 Å². The van der Waals surface area contributed by atoms with Gasteiger partial charge in [0.1, 0.15) is 11.6 Å². The van der Waals surface area contributed by atoms with Gasteiger partial charge >= 0.3 is 12.2 Å². The predicted octanol–water partition coefficient (Wildman–Crippen LogP) is 7.59. The van der Waals surface area contributed by atoms with E-state index in [2.05, 4.69) is 43.1 Å². The third-order valence-corrected chi connectivity index (χ3v) is 9.99. The molecular weight excluding hydrogens is 725 g/mol. The third-order valence-electron chi connectivity index (χ3n) is 9.99. The molecule has 0 saturated carbocycles. The second-order valence-electron chi connectivity index (χ2n) is 14.3. The van der Waals surface area contributed by atoms with Gasteiger partial charge in [-0.15, -0.1) is 0 Å². The van der Waals surface area contributed by atoms with E-state index in [4.69, 9.17) is 4.74 Å². The molecule has 296 valence electrons. The Morgan fingerprint density at radius 3 is 2.38 bits per heavy atom. The molecule has 4 aromatic rings. The lowest BCUT2D eigenvalue weighted by molar-refractivity contribution is -0.137. The van der Waals surface area contributed by atoms with Crippen LogP contribution in [0.2, 0.25) is 0 Å². The third kappa shape index (κ3) is 9.16. The molecule has 0 aliphatic carbocycles. The van der Waals surface area contributed by atoms with Crippen LogP contribution >= 0.6 is 0 Å². The van der Waals surface area contributed by atoms with Gasteiger partial charge in [0.25, 0.3) is 5.91 Å². The summed E-state index contributed by atoms with van der Waals surface area (Å²) in [6.07, 6.45) is -2.08. The highest BCUT2D eigenvalue weighted by Crippen LogP contribution is 2.40. The van der Waals surface area contributed by atoms with E-state index >= 15 is 0 Å². The van der Waals surface area contributed by atoms with Crippen molar-refractivity contribution in [3.63, 3.8) is 0 Å². The number of alkyl halides is 3. The minimum absolute atomic E-state index is 0.151. The van der Waals surface area contributed by atoms with E-state index < -0.39 is 23.7 Å². The quantitative estimate of drug-likeness (QED) is 0.115. The molecule has 56 heavy (non-hydrogen) atoms. The average Bonchev–Trinajstić information content (AvgIpc) is 3.15. The molecule has 4 amide bonds. The number of carbonyl (C=O) groups excluding carboxylic acids is 3. The van der Waals surface area contributed by atoms with E-state index in [0.717, 1.165) is 54.6 Å². The molecule has 6 rings (SSSR count). The maximum Gasteiger partial charge on any atom is 0.419 e. The number of anilines is 6. The number of nitrogens with zero attached hydrogens (tertiary/aromatic N) is 4. The number of benzene rings is 3. The van der Waals surface area contributed by atoms with Gasteiger partial charge < -0.3 is 25.6 Å². The molecule has 0 unspecified atom stereocenters. The number of nitrogens with one attached hydrogen (secondary N) is 4. The summed E-state index contributed by atoms with van der Waals surface area (Å²) >= 11 is 0. The van der Waals surface area contributed by atoms with Crippen LogP contribution in [0.4, 0.5) is 52.2 Å². The lowest BCUT2D eigenvalue weighted by atomic mass is 10.0. The number of aryl methyl sites for hydroxylation is 1. The van der Waals surface area contributed by atoms with Crippen LogP contribution in [0.5, 0.6) is 5.75 Å². The summed E-state index contributed by atoms with van der Waals surface area (Å²) in [4.78, 5) is 47.2. The zero-order valence-corrected chi connectivity index (χ0v) is 32.1. The highest BCUT2D eigenvalue weighted by molar-refractivity contribution is 6.06. The fourth-order valence-corrected chi connectivity index (χ4v) is 7.18. The molecule has 2 aliphatic heterocycles. The Kier molecular flexibility index (Phi) is 12.0. The van der Waals surface area contributed by atoms with Gasteiger partial charge in [0.15, 0.2) is 0 Å². The molecule has 4 N–H and O–H groups in total. The van der Waals surface area contributed by atoms with Crippen molar-refractivity contribution < 1.29 is 32.3 Å². The largest absolute Gasteiger partial charge is 0.489 e. The number of para-hydroxylation sites is 2. The summed E-state index contributed by atoms with van der Waals surface area (Å²) in [5.41, 5.74) is 3.46. The van der Waals surface area contributed by atoms with Gasteiger partial charge in [0.05, 0.1) is 34.3 Å². The summed E-state index contributed by atoms with van der Waals surface area (Å²) in [7, 11) is 3.54. The van der Waals surface area contributed by atoms with Gasteiger partial charge in [-0.3, -0.25) is 24.7 Å². The number of carbonyl (C=O) groups is 3. The summed E-state index contributed by atoms with van der Waals surface area (Å²) in [6.45, 7) is 8.35. The molecule has 0 spiro atoms. The van der Waals surface area contributed by atoms with Gasteiger partial charge in [0, 0.05) is 75.4 Å². The first-order valence-corrected chi connectivity index (χ1v) is 18.6. The number of aromatic nitrogens is 1. The lowest BCUT2D eigenvalue weighted by Gasteiger charge is -2.39. The van der Waals surface area contributed by atoms with Gasteiger partial charge in [-0.05, 0) is 76.1 Å². The van der Waals surface area contributed by atoms with E-state index in [1.807, 2.05) is 57.2 Å². The first-order chi connectivity index (χ1) is 26.7. The van der Waals surface area contributed by atoms with Crippen molar-refractivity contribution >= 4 is 52.1 Å². The number of amides is 4. The van der Waals surface area contributed by atoms with Crippen molar-refractivity contribution in [1.82, 2.24) is 20.5 Å². The molecule has 3 heterocycles. The number of halogens is 3. The van der Waals surface area contributed by atoms with Crippen LogP contribution < -0.4 is 35.8 Å². The number of ether oxygens (including phenoxy) is 1. The molecule has 2 fully saturated rings. The summed E-state index contributed by atoms with van der Waals surface area (Å²) in [5.74, 6) is -0.0277. The van der Waals surface area contributed by atoms with Crippen molar-refractivity contribution in [3.05, 3.63) is 95.2 Å². The van der Waals surface area contributed by atoms with Crippen molar-refractivity contribution in [1.29, 1.82) is 0 Å². The van der Waals surface area contributed by atoms with Crippen molar-refractivity contribution in [2.24, 2.45) is 0 Å². The molecule has 12 nitrogen and oxygen atoms in total. The monoisotopic (exact) mass is 772 g/mol. The van der Waals surface area contributed by atoms with Gasteiger partial charge in [0.2, 0.25) is 5.91 Å². The number of urea groups is 1. The maximum atomic E-state index is 14.2. The number of piperidine rings is 1. The fourth-order valence-electron chi connectivity index (χ4n) is 7.18. The Balaban J connectivity index is 1.18. The Morgan fingerprint density at radius 2 is 1.68 bits per heavy atom. The van der Waals surface area contributed by atoms with Crippen LogP contribution in [0.1, 0.15) is 60.2 Å². The number of pyridine rings is 1. The highest BCUT2D eigenvalue weighted by Gasteiger charge is 2.35. The first kappa shape index (κ1) is 39.9. The van der Waals surface area contributed by atoms with Crippen LogP contribution in [0.3, 0.4) is 0 Å². The molecule has 3 aromatic carbocycles. The van der Waals surface area contributed by atoms with E-state index in [9.17, 15) is 27.6 Å². The molecule has 0 radical (unpaired) electrons. The second kappa shape index (κ2) is 16.9. The fraction of sp³-hybridized carbons (Fsp3) is 0.366.